The standard InChI is InChI=1S/C13H13BrN2O3/c1-7-2-3-8(6-9(7)14)12(18)15-10-4-5-11(17)16-13(10)19/h2-3,6,10H,4-5H2,1H3,(H,15,18)(H,16,17,19). The number of carbonyl (C=O) groups excluding carboxylic acids is 3. The zero-order chi connectivity index (χ0) is 14.0. The van der Waals surface area contributed by atoms with E-state index in [-0.39, 0.29) is 18.2 Å². The monoisotopic (exact) mass is 324 g/mol. The number of imide groups is 1. The second kappa shape index (κ2) is 5.52. The minimum Gasteiger partial charge on any atom is -0.340 e. The summed E-state index contributed by atoms with van der Waals surface area (Å²) in [7, 11) is 0. The van der Waals surface area contributed by atoms with Crippen LogP contribution >= 0.6 is 15.9 Å². The number of carbonyl (C=O) groups is 3. The SMILES string of the molecule is Cc1ccc(C(=O)NC2CCC(=O)NC2=O)cc1Br. The van der Waals surface area contributed by atoms with Crippen molar-refractivity contribution < 1.29 is 14.4 Å². The molecule has 6 heteroatoms. The highest BCUT2D eigenvalue weighted by Gasteiger charge is 2.28. The van der Waals surface area contributed by atoms with E-state index in [0.29, 0.717) is 12.0 Å². The number of piperidine rings is 1. The topological polar surface area (TPSA) is 75.3 Å². The number of benzene rings is 1. The molecule has 1 fully saturated rings. The average Bonchev–Trinajstić information content (AvgIpc) is 2.36. The van der Waals surface area contributed by atoms with E-state index in [9.17, 15) is 14.4 Å². The smallest absolute Gasteiger partial charge is 0.251 e. The lowest BCUT2D eigenvalue weighted by molar-refractivity contribution is -0.134. The predicted octanol–water partition coefficient (Wildman–Crippen LogP) is 1.29. The predicted molar refractivity (Wildman–Crippen MR) is 72.5 cm³/mol. The summed E-state index contributed by atoms with van der Waals surface area (Å²) in [6.07, 6.45) is 0.581. The van der Waals surface area contributed by atoms with Crippen LogP contribution in [0.4, 0.5) is 0 Å². The summed E-state index contributed by atoms with van der Waals surface area (Å²) in [5.41, 5.74) is 1.50. The molecule has 1 aromatic carbocycles. The number of nitrogens with one attached hydrogen (secondary N) is 2. The van der Waals surface area contributed by atoms with Gasteiger partial charge >= 0.3 is 0 Å². The van der Waals surface area contributed by atoms with Gasteiger partial charge in [0.1, 0.15) is 6.04 Å². The molecule has 1 unspecified atom stereocenters. The first-order valence-corrected chi connectivity index (χ1v) is 6.67. The van der Waals surface area contributed by atoms with E-state index < -0.39 is 11.9 Å². The molecular formula is C13H13BrN2O3. The molecule has 1 heterocycles. The maximum absolute atomic E-state index is 12.0. The van der Waals surface area contributed by atoms with E-state index in [1.165, 1.54) is 0 Å². The van der Waals surface area contributed by atoms with E-state index in [1.54, 1.807) is 12.1 Å². The molecule has 19 heavy (non-hydrogen) atoms. The van der Waals surface area contributed by atoms with Gasteiger partial charge in [0, 0.05) is 16.5 Å². The molecule has 0 aromatic heterocycles. The molecule has 2 N–H and O–H groups in total. The van der Waals surface area contributed by atoms with Crippen molar-refractivity contribution in [2.75, 3.05) is 0 Å². The summed E-state index contributed by atoms with van der Waals surface area (Å²) in [6, 6.07) is 4.58. The average molecular weight is 325 g/mol. The Hall–Kier alpha value is -1.69. The zero-order valence-electron chi connectivity index (χ0n) is 10.3. The lowest BCUT2D eigenvalue weighted by Crippen LogP contribution is -2.52. The van der Waals surface area contributed by atoms with Gasteiger partial charge in [0.15, 0.2) is 0 Å². The molecular weight excluding hydrogens is 312 g/mol. The molecule has 1 aliphatic rings. The lowest BCUT2D eigenvalue weighted by atomic mass is 10.1. The minimum absolute atomic E-state index is 0.244. The van der Waals surface area contributed by atoms with Crippen LogP contribution in [-0.4, -0.2) is 23.8 Å². The van der Waals surface area contributed by atoms with Gasteiger partial charge in [-0.05, 0) is 31.0 Å². The van der Waals surface area contributed by atoms with E-state index in [0.717, 1.165) is 10.0 Å². The molecule has 0 bridgehead atoms. The Labute approximate surface area is 118 Å². The second-order valence-corrected chi connectivity index (χ2v) is 5.30. The number of rotatable bonds is 2. The highest BCUT2D eigenvalue weighted by molar-refractivity contribution is 9.10. The van der Waals surface area contributed by atoms with E-state index in [1.807, 2.05) is 13.0 Å². The molecule has 0 radical (unpaired) electrons. The van der Waals surface area contributed by atoms with Gasteiger partial charge in [-0.15, -0.1) is 0 Å². The molecule has 2 rings (SSSR count). The summed E-state index contributed by atoms with van der Waals surface area (Å²) in [5, 5.41) is 4.83. The summed E-state index contributed by atoms with van der Waals surface area (Å²) in [5.74, 6) is -1.07. The van der Waals surface area contributed by atoms with Crippen molar-refractivity contribution in [2.24, 2.45) is 0 Å². The highest BCUT2D eigenvalue weighted by Crippen LogP contribution is 2.17. The van der Waals surface area contributed by atoms with Gasteiger partial charge < -0.3 is 5.32 Å². The van der Waals surface area contributed by atoms with Gasteiger partial charge in [0.05, 0.1) is 0 Å². The fourth-order valence-corrected chi connectivity index (χ4v) is 2.19. The number of aryl methyl sites for hydroxylation is 1. The maximum Gasteiger partial charge on any atom is 0.251 e. The third-order valence-corrected chi connectivity index (χ3v) is 3.83. The van der Waals surface area contributed by atoms with Crippen LogP contribution in [0.2, 0.25) is 0 Å². The first-order chi connectivity index (χ1) is 8.97. The van der Waals surface area contributed by atoms with Crippen LogP contribution in [-0.2, 0) is 9.59 Å². The normalized spacial score (nSPS) is 18.9. The van der Waals surface area contributed by atoms with Gasteiger partial charge in [0.2, 0.25) is 11.8 Å². The van der Waals surface area contributed by atoms with Crippen LogP contribution in [0.25, 0.3) is 0 Å². The van der Waals surface area contributed by atoms with Crippen LogP contribution in [0, 0.1) is 6.92 Å². The van der Waals surface area contributed by atoms with Gasteiger partial charge in [-0.2, -0.15) is 0 Å². The molecule has 0 spiro atoms. The molecule has 0 saturated carbocycles. The van der Waals surface area contributed by atoms with Crippen molar-refractivity contribution in [3.8, 4) is 0 Å². The number of hydrogen-bond acceptors (Lipinski definition) is 3. The quantitative estimate of drug-likeness (QED) is 0.805. The number of hydrogen-bond donors (Lipinski definition) is 2. The van der Waals surface area contributed by atoms with Crippen molar-refractivity contribution in [3.05, 3.63) is 33.8 Å². The summed E-state index contributed by atoms with van der Waals surface area (Å²) >= 11 is 3.36. The zero-order valence-corrected chi connectivity index (χ0v) is 11.9. The van der Waals surface area contributed by atoms with E-state index >= 15 is 0 Å². The first kappa shape index (κ1) is 13.7. The molecule has 1 saturated heterocycles. The Morgan fingerprint density at radius 2 is 2.16 bits per heavy atom. The fourth-order valence-electron chi connectivity index (χ4n) is 1.81. The van der Waals surface area contributed by atoms with Gasteiger partial charge in [0.25, 0.3) is 5.91 Å². The molecule has 0 aliphatic carbocycles. The molecule has 5 nitrogen and oxygen atoms in total. The molecule has 1 aromatic rings. The lowest BCUT2D eigenvalue weighted by Gasteiger charge is -2.21. The summed E-state index contributed by atoms with van der Waals surface area (Å²) in [4.78, 5) is 34.5. The van der Waals surface area contributed by atoms with Crippen molar-refractivity contribution in [3.63, 3.8) is 0 Å². The molecule has 1 atom stereocenters. The Bertz CT molecular complexity index is 557. The van der Waals surface area contributed by atoms with Crippen molar-refractivity contribution in [1.82, 2.24) is 10.6 Å². The Morgan fingerprint density at radius 1 is 1.42 bits per heavy atom. The third kappa shape index (κ3) is 3.20. The van der Waals surface area contributed by atoms with Crippen LogP contribution in [0.5, 0.6) is 0 Å². The Morgan fingerprint density at radius 3 is 2.79 bits per heavy atom. The van der Waals surface area contributed by atoms with Gasteiger partial charge in [-0.25, -0.2) is 0 Å². The summed E-state index contributed by atoms with van der Waals surface area (Å²) < 4.78 is 0.837. The largest absolute Gasteiger partial charge is 0.340 e. The maximum atomic E-state index is 12.0. The van der Waals surface area contributed by atoms with Gasteiger partial charge in [-0.3, -0.25) is 19.7 Å². The molecule has 100 valence electrons. The van der Waals surface area contributed by atoms with Crippen molar-refractivity contribution >= 4 is 33.7 Å². The third-order valence-electron chi connectivity index (χ3n) is 2.98. The fraction of sp³-hybridized carbons (Fsp3) is 0.308. The van der Waals surface area contributed by atoms with Gasteiger partial charge in [-0.1, -0.05) is 22.0 Å². The number of amides is 3. The second-order valence-electron chi connectivity index (χ2n) is 4.44. The van der Waals surface area contributed by atoms with Crippen LogP contribution in [0.15, 0.2) is 22.7 Å². The molecule has 1 aliphatic heterocycles. The van der Waals surface area contributed by atoms with Crippen LogP contribution in [0.3, 0.4) is 0 Å². The highest BCUT2D eigenvalue weighted by atomic mass is 79.9. The van der Waals surface area contributed by atoms with E-state index in [2.05, 4.69) is 26.6 Å². The number of halogens is 1. The molecule has 3 amide bonds. The Balaban J connectivity index is 2.06. The minimum atomic E-state index is -0.648. The van der Waals surface area contributed by atoms with Crippen molar-refractivity contribution in [1.29, 1.82) is 0 Å². The van der Waals surface area contributed by atoms with Crippen LogP contribution < -0.4 is 10.6 Å². The Kier molecular flexibility index (Phi) is 3.99. The van der Waals surface area contributed by atoms with Crippen LogP contribution in [0.1, 0.15) is 28.8 Å². The summed E-state index contributed by atoms with van der Waals surface area (Å²) in [6.45, 7) is 1.92. The van der Waals surface area contributed by atoms with Crippen molar-refractivity contribution in [2.45, 2.75) is 25.8 Å². The first-order valence-electron chi connectivity index (χ1n) is 5.88. The van der Waals surface area contributed by atoms with E-state index in [4.69, 9.17) is 0 Å².